The van der Waals surface area contributed by atoms with E-state index in [1.54, 1.807) is 24.3 Å². The summed E-state index contributed by atoms with van der Waals surface area (Å²) in [6.07, 6.45) is 0.627. The van der Waals surface area contributed by atoms with E-state index in [0.717, 1.165) is 0 Å². The summed E-state index contributed by atoms with van der Waals surface area (Å²) in [4.78, 5) is 64.1. The Labute approximate surface area is 236 Å². The van der Waals surface area contributed by atoms with Gasteiger partial charge >= 0.3 is 5.97 Å². The number of carbonyl (C=O) groups excluding carboxylic acids is 4. The van der Waals surface area contributed by atoms with Crippen molar-refractivity contribution < 1.29 is 39.3 Å². The summed E-state index contributed by atoms with van der Waals surface area (Å²) >= 11 is 0. The van der Waals surface area contributed by atoms with Gasteiger partial charge in [-0.3, -0.25) is 19.2 Å². The van der Waals surface area contributed by atoms with Crippen LogP contribution in [-0.4, -0.2) is 80.5 Å². The number of nitrogens with two attached hydrogens (primary N) is 2. The largest absolute Gasteiger partial charge is 0.508 e. The molecule has 9 N–H and O–H groups in total. The number of benzene rings is 2. The zero-order chi connectivity index (χ0) is 30.1. The number of carboxylic acids is 1. The van der Waals surface area contributed by atoms with Crippen molar-refractivity contribution in [2.75, 3.05) is 6.54 Å². The molecule has 13 nitrogen and oxygen atoms in total. The molecule has 0 saturated carbocycles. The highest BCUT2D eigenvalue weighted by molar-refractivity contribution is 5.94. The summed E-state index contributed by atoms with van der Waals surface area (Å²) in [5, 5.41) is 33.9. The lowest BCUT2D eigenvalue weighted by molar-refractivity contribution is -0.145. The fraction of sp³-hybridized carbons (Fsp3) is 0.393. The van der Waals surface area contributed by atoms with Crippen LogP contribution in [0.1, 0.15) is 36.8 Å². The predicted molar refractivity (Wildman–Crippen MR) is 146 cm³/mol. The maximum absolute atomic E-state index is 13.7. The van der Waals surface area contributed by atoms with Gasteiger partial charge in [0, 0.05) is 25.8 Å². The average molecular weight is 570 g/mol. The van der Waals surface area contributed by atoms with E-state index >= 15 is 0 Å². The van der Waals surface area contributed by atoms with Gasteiger partial charge in [0.2, 0.25) is 23.6 Å². The Morgan fingerprint density at radius 2 is 1.41 bits per heavy atom. The van der Waals surface area contributed by atoms with Gasteiger partial charge < -0.3 is 42.3 Å². The number of aromatic hydroxyl groups is 2. The number of rotatable bonds is 13. The molecule has 0 radical (unpaired) electrons. The summed E-state index contributed by atoms with van der Waals surface area (Å²) in [5.74, 6) is -3.72. The number of carboxylic acid groups (broad SMARTS) is 1. The minimum atomic E-state index is -1.28. The van der Waals surface area contributed by atoms with Crippen LogP contribution in [0.5, 0.6) is 11.5 Å². The summed E-state index contributed by atoms with van der Waals surface area (Å²) < 4.78 is 0. The van der Waals surface area contributed by atoms with Gasteiger partial charge in [-0.1, -0.05) is 24.3 Å². The molecule has 41 heavy (non-hydrogen) atoms. The summed E-state index contributed by atoms with van der Waals surface area (Å²) in [6.45, 7) is 0.211. The van der Waals surface area contributed by atoms with Crippen molar-refractivity contribution in [3.63, 3.8) is 0 Å². The monoisotopic (exact) mass is 569 g/mol. The quantitative estimate of drug-likeness (QED) is 0.165. The van der Waals surface area contributed by atoms with Gasteiger partial charge in [-0.2, -0.15) is 0 Å². The molecule has 1 heterocycles. The molecular formula is C28H35N5O8. The number of aliphatic carboxylic acids is 1. The van der Waals surface area contributed by atoms with E-state index in [4.69, 9.17) is 11.5 Å². The molecule has 1 fully saturated rings. The number of phenols is 2. The molecule has 2 aromatic rings. The van der Waals surface area contributed by atoms with Crippen molar-refractivity contribution >= 4 is 29.6 Å². The van der Waals surface area contributed by atoms with E-state index in [1.165, 1.54) is 29.2 Å². The predicted octanol–water partition coefficient (Wildman–Crippen LogP) is -0.479. The van der Waals surface area contributed by atoms with Gasteiger partial charge in [0.05, 0.1) is 6.04 Å². The second-order valence-corrected chi connectivity index (χ2v) is 10.0. The van der Waals surface area contributed by atoms with E-state index in [1.807, 2.05) is 0 Å². The number of likely N-dealkylation sites (tertiary alicyclic amines) is 1. The van der Waals surface area contributed by atoms with E-state index < -0.39 is 53.8 Å². The van der Waals surface area contributed by atoms with Gasteiger partial charge in [-0.15, -0.1) is 0 Å². The third kappa shape index (κ3) is 8.93. The van der Waals surface area contributed by atoms with Gasteiger partial charge in [0.15, 0.2) is 0 Å². The first-order chi connectivity index (χ1) is 19.4. The first kappa shape index (κ1) is 30.9. The summed E-state index contributed by atoms with van der Waals surface area (Å²) in [6, 6.07) is 7.49. The first-order valence-electron chi connectivity index (χ1n) is 13.2. The summed E-state index contributed by atoms with van der Waals surface area (Å²) in [5.41, 5.74) is 12.2. The van der Waals surface area contributed by atoms with Gasteiger partial charge in [0.25, 0.3) is 0 Å². The lowest BCUT2D eigenvalue weighted by atomic mass is 10.0. The SMILES string of the molecule is NC(=O)CCC(N)C(=O)NC(Cc1ccc(O)cc1)C(=O)N1CCCC1C(=O)NC(Cc1ccc(O)cc1)C(=O)O. The number of amides is 4. The van der Waals surface area contributed by atoms with E-state index in [-0.39, 0.29) is 43.7 Å². The molecule has 13 heteroatoms. The molecule has 4 amide bonds. The lowest BCUT2D eigenvalue weighted by Gasteiger charge is -2.30. The normalized spacial score (nSPS) is 16.8. The molecule has 0 aliphatic carbocycles. The molecule has 4 atom stereocenters. The Morgan fingerprint density at radius 3 is 1.93 bits per heavy atom. The molecule has 0 aromatic heterocycles. The van der Waals surface area contributed by atoms with Crippen molar-refractivity contribution in [1.29, 1.82) is 0 Å². The lowest BCUT2D eigenvalue weighted by Crippen LogP contribution is -2.57. The van der Waals surface area contributed by atoms with Crippen LogP contribution >= 0.6 is 0 Å². The number of nitrogens with zero attached hydrogens (tertiary/aromatic N) is 1. The number of hydrogen-bond acceptors (Lipinski definition) is 8. The number of hydrogen-bond donors (Lipinski definition) is 7. The Hall–Kier alpha value is -4.65. The van der Waals surface area contributed by atoms with Gasteiger partial charge in [-0.05, 0) is 54.7 Å². The van der Waals surface area contributed by atoms with Crippen molar-refractivity contribution in [3.05, 3.63) is 59.7 Å². The average Bonchev–Trinajstić information content (AvgIpc) is 3.43. The zero-order valence-electron chi connectivity index (χ0n) is 22.4. The molecule has 1 aliphatic heterocycles. The van der Waals surface area contributed by atoms with E-state index in [0.29, 0.717) is 24.0 Å². The topological polar surface area (TPSA) is 225 Å². The number of carbonyl (C=O) groups is 5. The molecule has 0 spiro atoms. The third-order valence-corrected chi connectivity index (χ3v) is 6.86. The minimum absolute atomic E-state index is 0.0192. The van der Waals surface area contributed by atoms with Crippen LogP contribution in [0, 0.1) is 0 Å². The Kier molecular flexibility index (Phi) is 10.6. The molecule has 3 rings (SSSR count). The molecule has 0 bridgehead atoms. The first-order valence-corrected chi connectivity index (χ1v) is 13.2. The second kappa shape index (κ2) is 14.1. The van der Waals surface area contributed by atoms with Crippen LogP contribution in [0.15, 0.2) is 48.5 Å². The van der Waals surface area contributed by atoms with Crippen molar-refractivity contribution in [1.82, 2.24) is 15.5 Å². The van der Waals surface area contributed by atoms with Crippen molar-refractivity contribution in [2.24, 2.45) is 11.5 Å². The Morgan fingerprint density at radius 1 is 0.878 bits per heavy atom. The van der Waals surface area contributed by atoms with E-state index in [9.17, 15) is 39.3 Å². The maximum Gasteiger partial charge on any atom is 0.326 e. The standard InChI is InChI=1S/C28H35N5O8/c29-20(11-12-24(30)36)25(37)31-21(14-16-3-7-18(34)8-4-16)27(39)33-13-1-2-23(33)26(38)32-22(28(40)41)15-17-5-9-19(35)10-6-17/h3-10,20-23,34-35H,1-2,11-15,29H2,(H2,30,36)(H,31,37)(H,32,38)(H,40,41). The Bertz CT molecular complexity index is 1250. The van der Waals surface area contributed by atoms with Crippen LogP contribution < -0.4 is 22.1 Å². The number of nitrogens with one attached hydrogen (secondary N) is 2. The highest BCUT2D eigenvalue weighted by Crippen LogP contribution is 2.21. The van der Waals surface area contributed by atoms with E-state index in [2.05, 4.69) is 10.6 Å². The molecular weight excluding hydrogens is 534 g/mol. The number of phenolic OH excluding ortho intramolecular Hbond substituents is 2. The summed E-state index contributed by atoms with van der Waals surface area (Å²) in [7, 11) is 0. The van der Waals surface area contributed by atoms with Gasteiger partial charge in [0.1, 0.15) is 29.6 Å². The fourth-order valence-corrected chi connectivity index (χ4v) is 4.61. The molecule has 2 aromatic carbocycles. The fourth-order valence-electron chi connectivity index (χ4n) is 4.61. The van der Waals surface area contributed by atoms with Crippen LogP contribution in [0.4, 0.5) is 0 Å². The van der Waals surface area contributed by atoms with Crippen molar-refractivity contribution in [3.8, 4) is 11.5 Å². The number of primary amides is 1. The van der Waals surface area contributed by atoms with Crippen molar-refractivity contribution in [2.45, 2.75) is 62.7 Å². The second-order valence-electron chi connectivity index (χ2n) is 10.0. The smallest absolute Gasteiger partial charge is 0.326 e. The van der Waals surface area contributed by atoms with Gasteiger partial charge in [-0.25, -0.2) is 4.79 Å². The minimum Gasteiger partial charge on any atom is -0.508 e. The van der Waals surface area contributed by atoms with Crippen LogP contribution in [0.3, 0.4) is 0 Å². The maximum atomic E-state index is 13.7. The molecule has 1 saturated heterocycles. The molecule has 4 unspecified atom stereocenters. The van der Waals surface area contributed by atoms with Crippen LogP contribution in [0.2, 0.25) is 0 Å². The highest BCUT2D eigenvalue weighted by atomic mass is 16.4. The van der Waals surface area contributed by atoms with Crippen LogP contribution in [-0.2, 0) is 36.8 Å². The Balaban J connectivity index is 1.76. The third-order valence-electron chi connectivity index (χ3n) is 6.86. The zero-order valence-corrected chi connectivity index (χ0v) is 22.4. The van der Waals surface area contributed by atoms with Crippen LogP contribution in [0.25, 0.3) is 0 Å². The molecule has 220 valence electrons. The molecule has 1 aliphatic rings. The highest BCUT2D eigenvalue weighted by Gasteiger charge is 2.39.